The number of carbonyl (C=O) groups is 1. The van der Waals surface area contributed by atoms with Crippen molar-refractivity contribution in [2.24, 2.45) is 5.92 Å². The Bertz CT molecular complexity index is 640. The number of methoxy groups -OCH3 is 1. The van der Waals surface area contributed by atoms with E-state index in [0.29, 0.717) is 0 Å². The van der Waals surface area contributed by atoms with Gasteiger partial charge in [-0.25, -0.2) is 0 Å². The van der Waals surface area contributed by atoms with E-state index in [1.807, 2.05) is 0 Å². The van der Waals surface area contributed by atoms with Crippen molar-refractivity contribution in [2.45, 2.75) is 19.9 Å². The van der Waals surface area contributed by atoms with Gasteiger partial charge in [0, 0.05) is 12.1 Å². The number of non-ortho nitro benzene ring substituents is 1. The quantitative estimate of drug-likeness (QED) is 0.448. The number of nitrogens with zero attached hydrogens (tertiary/aromatic N) is 1. The molecule has 1 aromatic carbocycles. The molecule has 122 valence electrons. The Kier molecular flexibility index (Phi) is 5.83. The van der Waals surface area contributed by atoms with Gasteiger partial charge in [-0.2, -0.15) is 13.1 Å². The molecular formula is C12H16N2O7S. The number of rotatable bonds is 7. The number of nitro benzene ring substituents is 1. The first-order chi connectivity index (χ1) is 10.2. The fourth-order valence-corrected chi connectivity index (χ4v) is 2.60. The van der Waals surface area contributed by atoms with Crippen LogP contribution in [0.5, 0.6) is 5.75 Å². The van der Waals surface area contributed by atoms with Crippen LogP contribution in [0.15, 0.2) is 24.3 Å². The topological polar surface area (TPSA) is 125 Å². The summed E-state index contributed by atoms with van der Waals surface area (Å²) in [6.45, 7) is 3.27. The second-order valence-electron chi connectivity index (χ2n) is 4.65. The molecule has 0 aliphatic heterocycles. The summed E-state index contributed by atoms with van der Waals surface area (Å²) in [6, 6.07) is 3.38. The third kappa shape index (κ3) is 4.97. The van der Waals surface area contributed by atoms with E-state index >= 15 is 0 Å². The molecule has 0 saturated carbocycles. The van der Waals surface area contributed by atoms with E-state index in [2.05, 4.69) is 9.46 Å². The zero-order valence-electron chi connectivity index (χ0n) is 12.2. The first kappa shape index (κ1) is 17.9. The van der Waals surface area contributed by atoms with Crippen LogP contribution in [-0.2, 0) is 19.8 Å². The van der Waals surface area contributed by atoms with Crippen LogP contribution in [0.2, 0.25) is 0 Å². The minimum atomic E-state index is -4.29. The summed E-state index contributed by atoms with van der Waals surface area (Å²) in [7, 11) is -3.15. The van der Waals surface area contributed by atoms with Crippen LogP contribution in [0.4, 0.5) is 5.69 Å². The summed E-state index contributed by atoms with van der Waals surface area (Å²) in [5, 5.41) is 10.5. The number of ether oxygens (including phenoxy) is 1. The zero-order chi connectivity index (χ0) is 16.9. The van der Waals surface area contributed by atoms with E-state index < -0.39 is 27.2 Å². The summed E-state index contributed by atoms with van der Waals surface area (Å²) < 4.78 is 35.1. The lowest BCUT2D eigenvalue weighted by Crippen LogP contribution is -2.46. The molecule has 0 saturated heterocycles. The van der Waals surface area contributed by atoms with Gasteiger partial charge in [-0.15, -0.1) is 0 Å². The standard InChI is InChI=1S/C12H16N2O7S/c1-8(2)11(12(15)20-3)13-22(18,19)21-10-6-4-9(5-7-10)14(16)17/h4-8,11,13H,1-3H3/t11-/m0/s1. The lowest BCUT2D eigenvalue weighted by Gasteiger charge is -2.19. The van der Waals surface area contributed by atoms with Crippen molar-refractivity contribution in [1.29, 1.82) is 0 Å². The van der Waals surface area contributed by atoms with Crippen LogP contribution in [-0.4, -0.2) is 32.5 Å². The average Bonchev–Trinajstić information content (AvgIpc) is 2.44. The van der Waals surface area contributed by atoms with E-state index in [4.69, 9.17) is 4.18 Å². The van der Waals surface area contributed by atoms with Crippen LogP contribution < -0.4 is 8.91 Å². The van der Waals surface area contributed by atoms with Gasteiger partial charge in [0.1, 0.15) is 11.8 Å². The van der Waals surface area contributed by atoms with Crippen LogP contribution in [0, 0.1) is 16.0 Å². The van der Waals surface area contributed by atoms with Crippen LogP contribution >= 0.6 is 0 Å². The van der Waals surface area contributed by atoms with Crippen molar-refractivity contribution in [3.63, 3.8) is 0 Å². The van der Waals surface area contributed by atoms with Crippen molar-refractivity contribution < 1.29 is 27.1 Å². The largest absolute Gasteiger partial charge is 0.468 e. The van der Waals surface area contributed by atoms with Crippen molar-refractivity contribution >= 4 is 22.0 Å². The number of nitro groups is 1. The lowest BCUT2D eigenvalue weighted by atomic mass is 10.1. The minimum absolute atomic E-state index is 0.120. The molecule has 10 heteroatoms. The van der Waals surface area contributed by atoms with Gasteiger partial charge in [0.15, 0.2) is 0 Å². The number of benzene rings is 1. The third-order valence-corrected chi connectivity index (χ3v) is 3.60. The lowest BCUT2D eigenvalue weighted by molar-refractivity contribution is -0.384. The summed E-state index contributed by atoms with van der Waals surface area (Å²) in [4.78, 5) is 21.4. The first-order valence-electron chi connectivity index (χ1n) is 6.20. The highest BCUT2D eigenvalue weighted by Gasteiger charge is 2.29. The van der Waals surface area contributed by atoms with Gasteiger partial charge in [-0.05, 0) is 18.1 Å². The molecule has 0 bridgehead atoms. The second kappa shape index (κ2) is 7.18. The Morgan fingerprint density at radius 1 is 1.27 bits per heavy atom. The van der Waals surface area contributed by atoms with E-state index in [1.165, 1.54) is 0 Å². The first-order valence-corrected chi connectivity index (χ1v) is 7.61. The van der Waals surface area contributed by atoms with E-state index in [9.17, 15) is 23.3 Å². The van der Waals surface area contributed by atoms with Gasteiger partial charge in [-0.1, -0.05) is 13.8 Å². The average molecular weight is 332 g/mol. The monoisotopic (exact) mass is 332 g/mol. The molecule has 0 radical (unpaired) electrons. The van der Waals surface area contributed by atoms with Gasteiger partial charge in [-0.3, -0.25) is 14.9 Å². The predicted molar refractivity (Wildman–Crippen MR) is 76.4 cm³/mol. The molecule has 1 rings (SSSR count). The molecule has 1 N–H and O–H groups in total. The van der Waals surface area contributed by atoms with Crippen molar-refractivity contribution in [3.8, 4) is 5.75 Å². The van der Waals surface area contributed by atoms with Gasteiger partial charge < -0.3 is 8.92 Å². The summed E-state index contributed by atoms with van der Waals surface area (Å²) in [5.41, 5.74) is -0.202. The molecular weight excluding hydrogens is 316 g/mol. The van der Waals surface area contributed by atoms with Gasteiger partial charge in [0.25, 0.3) is 5.69 Å². The fourth-order valence-electron chi connectivity index (χ4n) is 1.51. The fraction of sp³-hybridized carbons (Fsp3) is 0.417. The molecule has 0 unspecified atom stereocenters. The zero-order valence-corrected chi connectivity index (χ0v) is 13.0. The van der Waals surface area contributed by atoms with E-state index in [1.54, 1.807) is 13.8 Å². The Labute approximate surface area is 127 Å². The smallest absolute Gasteiger partial charge is 0.383 e. The molecule has 1 aromatic rings. The van der Waals surface area contributed by atoms with E-state index in [0.717, 1.165) is 31.4 Å². The highest BCUT2D eigenvalue weighted by molar-refractivity contribution is 7.85. The second-order valence-corrected chi connectivity index (χ2v) is 5.96. The van der Waals surface area contributed by atoms with Crippen molar-refractivity contribution in [2.75, 3.05) is 7.11 Å². The van der Waals surface area contributed by atoms with Gasteiger partial charge >= 0.3 is 16.3 Å². The molecule has 0 aliphatic rings. The number of carbonyl (C=O) groups excluding carboxylic acids is 1. The minimum Gasteiger partial charge on any atom is -0.468 e. The summed E-state index contributed by atoms with van der Waals surface area (Å²) >= 11 is 0. The molecule has 1 atom stereocenters. The maximum absolute atomic E-state index is 11.9. The Balaban J connectivity index is 2.86. The van der Waals surface area contributed by atoms with Crippen LogP contribution in [0.3, 0.4) is 0 Å². The highest BCUT2D eigenvalue weighted by atomic mass is 32.2. The molecule has 0 aliphatic carbocycles. The van der Waals surface area contributed by atoms with Crippen molar-refractivity contribution in [1.82, 2.24) is 4.72 Å². The molecule has 0 spiro atoms. The summed E-state index contributed by atoms with van der Waals surface area (Å²) in [6.07, 6.45) is 0. The number of nitrogens with one attached hydrogen (secondary N) is 1. The maximum atomic E-state index is 11.9. The maximum Gasteiger partial charge on any atom is 0.383 e. The Morgan fingerprint density at radius 2 is 1.82 bits per heavy atom. The highest BCUT2D eigenvalue weighted by Crippen LogP contribution is 2.18. The molecule has 0 aromatic heterocycles. The number of esters is 1. The molecule has 22 heavy (non-hydrogen) atoms. The number of hydrogen-bond acceptors (Lipinski definition) is 7. The van der Waals surface area contributed by atoms with Gasteiger partial charge in [0.05, 0.1) is 12.0 Å². The van der Waals surface area contributed by atoms with Crippen LogP contribution in [0.25, 0.3) is 0 Å². The Morgan fingerprint density at radius 3 is 2.23 bits per heavy atom. The molecule has 0 heterocycles. The normalized spacial score (nSPS) is 12.7. The predicted octanol–water partition coefficient (Wildman–Crippen LogP) is 1.01. The van der Waals surface area contributed by atoms with E-state index in [-0.39, 0.29) is 17.4 Å². The van der Waals surface area contributed by atoms with Crippen molar-refractivity contribution in [3.05, 3.63) is 34.4 Å². The molecule has 0 fully saturated rings. The van der Waals surface area contributed by atoms with Gasteiger partial charge in [0.2, 0.25) is 0 Å². The summed E-state index contributed by atoms with van der Waals surface area (Å²) in [5.74, 6) is -1.22. The van der Waals surface area contributed by atoms with Crippen LogP contribution in [0.1, 0.15) is 13.8 Å². The number of hydrogen-bond donors (Lipinski definition) is 1. The SMILES string of the molecule is COC(=O)[C@@H](NS(=O)(=O)Oc1ccc([N+](=O)[O-])cc1)C(C)C. The third-order valence-electron chi connectivity index (χ3n) is 2.65. The molecule has 9 nitrogen and oxygen atoms in total. The Hall–Kier alpha value is -2.20. The molecule has 0 amide bonds.